The molecule has 0 atom stereocenters. The maximum absolute atomic E-state index is 10.8. The molecule has 6 heteroatoms. The fourth-order valence-corrected chi connectivity index (χ4v) is 1.41. The smallest absolute Gasteiger partial charge is 0.306 e. The van der Waals surface area contributed by atoms with E-state index in [-0.39, 0.29) is 11.3 Å². The normalized spacial score (nSPS) is 11.7. The van der Waals surface area contributed by atoms with E-state index in [9.17, 15) is 8.42 Å². The van der Waals surface area contributed by atoms with E-state index in [1.807, 2.05) is 0 Å². The molecule has 0 aliphatic carbocycles. The van der Waals surface area contributed by atoms with Crippen molar-refractivity contribution in [3.63, 3.8) is 0 Å². The minimum absolute atomic E-state index is 0.0120. The Kier molecular flexibility index (Phi) is 3.10. The van der Waals surface area contributed by atoms with Gasteiger partial charge in [0.15, 0.2) is 12.0 Å². The maximum atomic E-state index is 10.8. The van der Waals surface area contributed by atoms with E-state index in [0.29, 0.717) is 0 Å². The van der Waals surface area contributed by atoms with Crippen molar-refractivity contribution in [2.24, 2.45) is 0 Å². The zero-order chi connectivity index (χ0) is 10.8. The van der Waals surface area contributed by atoms with Crippen molar-refractivity contribution in [3.05, 3.63) is 29.8 Å². The van der Waals surface area contributed by atoms with E-state index >= 15 is 0 Å². The van der Waals surface area contributed by atoms with Crippen LogP contribution in [0.2, 0.25) is 0 Å². The van der Waals surface area contributed by atoms with Gasteiger partial charge in [0, 0.05) is 0 Å². The lowest BCUT2D eigenvalue weighted by atomic mass is 10.2. The van der Waals surface area contributed by atoms with E-state index in [0.717, 1.165) is 6.26 Å². The number of para-hydroxylation sites is 1. The molecule has 0 saturated heterocycles. The largest absolute Gasteiger partial charge is 0.382 e. The molecule has 0 aromatic heterocycles. The molecule has 1 aromatic rings. The zero-order valence-electron chi connectivity index (χ0n) is 7.41. The molecule has 2 N–H and O–H groups in total. The summed E-state index contributed by atoms with van der Waals surface area (Å²) in [6.07, 6.45) is -0.874. The van der Waals surface area contributed by atoms with Crippen molar-refractivity contribution in [1.82, 2.24) is 0 Å². The summed E-state index contributed by atoms with van der Waals surface area (Å²) < 4.78 is 26.1. The van der Waals surface area contributed by atoms with Crippen molar-refractivity contribution < 1.29 is 22.8 Å². The lowest BCUT2D eigenvalue weighted by Gasteiger charge is -2.09. The Morgan fingerprint density at radius 1 is 1.29 bits per heavy atom. The van der Waals surface area contributed by atoms with Crippen LogP contribution < -0.4 is 4.18 Å². The highest BCUT2D eigenvalue weighted by Crippen LogP contribution is 2.24. The average molecular weight is 218 g/mol. The van der Waals surface area contributed by atoms with Gasteiger partial charge in [0.1, 0.15) is 0 Å². The molecule has 1 rings (SSSR count). The van der Waals surface area contributed by atoms with Gasteiger partial charge in [-0.1, -0.05) is 18.2 Å². The van der Waals surface area contributed by atoms with Gasteiger partial charge in [-0.05, 0) is 6.07 Å². The minimum atomic E-state index is -3.66. The Morgan fingerprint density at radius 3 is 2.36 bits per heavy atom. The minimum Gasteiger partial charge on any atom is -0.382 e. The van der Waals surface area contributed by atoms with Crippen molar-refractivity contribution in [2.45, 2.75) is 6.29 Å². The van der Waals surface area contributed by atoms with Gasteiger partial charge in [-0.25, -0.2) is 0 Å². The van der Waals surface area contributed by atoms with Crippen LogP contribution in [-0.2, 0) is 10.1 Å². The molecule has 0 fully saturated rings. The first-order valence-electron chi connectivity index (χ1n) is 3.74. The Labute approximate surface area is 81.7 Å². The number of hydrogen-bond donors (Lipinski definition) is 2. The highest BCUT2D eigenvalue weighted by Gasteiger charge is 2.13. The standard InChI is InChI=1S/C8H10O5S/c1-14(11,12)13-7-5-3-2-4-6(7)8(9)10/h2-5,8-10H,1H3. The van der Waals surface area contributed by atoms with E-state index in [4.69, 9.17) is 10.2 Å². The maximum Gasteiger partial charge on any atom is 0.306 e. The first-order valence-corrected chi connectivity index (χ1v) is 5.56. The topological polar surface area (TPSA) is 83.8 Å². The van der Waals surface area contributed by atoms with Gasteiger partial charge < -0.3 is 14.4 Å². The van der Waals surface area contributed by atoms with Crippen LogP contribution in [0.3, 0.4) is 0 Å². The van der Waals surface area contributed by atoms with Gasteiger partial charge in [0.25, 0.3) is 0 Å². The molecule has 0 saturated carbocycles. The van der Waals surface area contributed by atoms with Crippen molar-refractivity contribution in [1.29, 1.82) is 0 Å². The number of benzene rings is 1. The van der Waals surface area contributed by atoms with Crippen LogP contribution in [0, 0.1) is 0 Å². The van der Waals surface area contributed by atoms with Crippen molar-refractivity contribution >= 4 is 10.1 Å². The molecule has 0 amide bonds. The summed E-state index contributed by atoms with van der Waals surface area (Å²) in [4.78, 5) is 0. The molecule has 14 heavy (non-hydrogen) atoms. The third-order valence-corrected chi connectivity index (χ3v) is 1.92. The Hall–Kier alpha value is -1.11. The zero-order valence-corrected chi connectivity index (χ0v) is 8.23. The van der Waals surface area contributed by atoms with Crippen LogP contribution in [-0.4, -0.2) is 24.9 Å². The molecule has 1 aromatic carbocycles. The molecule has 0 radical (unpaired) electrons. The van der Waals surface area contributed by atoms with Gasteiger partial charge in [-0.15, -0.1) is 0 Å². The summed E-state index contributed by atoms with van der Waals surface area (Å²) in [5, 5.41) is 17.8. The van der Waals surface area contributed by atoms with Crippen LogP contribution in [0.1, 0.15) is 11.9 Å². The summed E-state index contributed by atoms with van der Waals surface area (Å²) in [7, 11) is -3.66. The number of aliphatic hydroxyl groups is 2. The lowest BCUT2D eigenvalue weighted by Crippen LogP contribution is -2.08. The quantitative estimate of drug-likeness (QED) is 0.551. The van der Waals surface area contributed by atoms with E-state index in [1.54, 1.807) is 6.07 Å². The van der Waals surface area contributed by atoms with E-state index in [2.05, 4.69) is 4.18 Å². The van der Waals surface area contributed by atoms with Gasteiger partial charge in [-0.3, -0.25) is 0 Å². The Bertz CT molecular complexity index is 409. The van der Waals surface area contributed by atoms with Crippen molar-refractivity contribution in [3.8, 4) is 5.75 Å². The van der Waals surface area contributed by atoms with E-state index in [1.165, 1.54) is 18.2 Å². The summed E-state index contributed by atoms with van der Waals surface area (Å²) >= 11 is 0. The monoisotopic (exact) mass is 218 g/mol. The van der Waals surface area contributed by atoms with Crippen LogP contribution in [0.15, 0.2) is 24.3 Å². The third kappa shape index (κ3) is 2.99. The second-order valence-electron chi connectivity index (χ2n) is 2.70. The fraction of sp³-hybridized carbons (Fsp3) is 0.250. The summed E-state index contributed by atoms with van der Waals surface area (Å²) in [6, 6.07) is 5.79. The van der Waals surface area contributed by atoms with Gasteiger partial charge in [0.2, 0.25) is 0 Å². The van der Waals surface area contributed by atoms with Gasteiger partial charge >= 0.3 is 10.1 Å². The lowest BCUT2D eigenvalue weighted by molar-refractivity contribution is -0.0433. The van der Waals surface area contributed by atoms with Crippen LogP contribution in [0.25, 0.3) is 0 Å². The molecule has 0 aliphatic rings. The summed E-state index contributed by atoms with van der Waals surface area (Å²) in [5.41, 5.74) is 0.0120. The predicted molar refractivity (Wildman–Crippen MR) is 49.1 cm³/mol. The number of rotatable bonds is 3. The first-order chi connectivity index (χ1) is 6.40. The SMILES string of the molecule is CS(=O)(=O)Oc1ccccc1C(O)O. The highest BCUT2D eigenvalue weighted by molar-refractivity contribution is 7.86. The summed E-state index contributed by atoms with van der Waals surface area (Å²) in [5.74, 6) is -0.0787. The third-order valence-electron chi connectivity index (χ3n) is 1.44. The molecular weight excluding hydrogens is 208 g/mol. The Balaban J connectivity index is 3.08. The fourth-order valence-electron chi connectivity index (χ4n) is 0.933. The Morgan fingerprint density at radius 2 is 1.86 bits per heavy atom. The number of hydrogen-bond acceptors (Lipinski definition) is 5. The van der Waals surface area contributed by atoms with Gasteiger partial charge in [-0.2, -0.15) is 8.42 Å². The molecule has 0 bridgehead atoms. The average Bonchev–Trinajstić information content (AvgIpc) is 2.01. The summed E-state index contributed by atoms with van der Waals surface area (Å²) in [6.45, 7) is 0. The van der Waals surface area contributed by atoms with E-state index < -0.39 is 16.4 Å². The molecular formula is C8H10O5S. The van der Waals surface area contributed by atoms with Crippen LogP contribution in [0.5, 0.6) is 5.75 Å². The predicted octanol–water partition coefficient (Wildman–Crippen LogP) is 0.00820. The molecule has 0 unspecified atom stereocenters. The first kappa shape index (κ1) is 11.0. The highest BCUT2D eigenvalue weighted by atomic mass is 32.2. The molecule has 78 valence electrons. The van der Waals surface area contributed by atoms with Gasteiger partial charge in [0.05, 0.1) is 11.8 Å². The molecule has 5 nitrogen and oxygen atoms in total. The van der Waals surface area contributed by atoms with Crippen LogP contribution in [0.4, 0.5) is 0 Å². The van der Waals surface area contributed by atoms with Crippen LogP contribution >= 0.6 is 0 Å². The number of aliphatic hydroxyl groups excluding tert-OH is 1. The molecule has 0 heterocycles. The molecule has 0 spiro atoms. The van der Waals surface area contributed by atoms with Crippen molar-refractivity contribution in [2.75, 3.05) is 6.26 Å². The molecule has 0 aliphatic heterocycles. The second-order valence-corrected chi connectivity index (χ2v) is 4.27. The second kappa shape index (κ2) is 3.95.